The Balaban J connectivity index is 2.67. The molecule has 0 radical (unpaired) electrons. The largest absolute Gasteiger partial charge is 0.453 e. The molecule has 1 aromatic carbocycles. The monoisotopic (exact) mass is 223 g/mol. The van der Waals surface area contributed by atoms with Gasteiger partial charge in [0.15, 0.2) is 0 Å². The standard InChI is InChI=1S/C12H17NO3/c1-16-12(15)13-11(8-5-9-14)10-6-3-2-4-7-10/h2-4,6-7,11,14H,5,8-9H2,1H3,(H,13,15). The number of aliphatic hydroxyl groups excluding tert-OH is 1. The Bertz CT molecular complexity index is 313. The topological polar surface area (TPSA) is 58.6 Å². The van der Waals surface area contributed by atoms with Gasteiger partial charge in [-0.05, 0) is 18.4 Å². The first-order valence-corrected chi connectivity index (χ1v) is 5.28. The first-order chi connectivity index (χ1) is 7.77. The molecule has 1 rings (SSSR count). The number of benzene rings is 1. The maximum atomic E-state index is 11.2. The maximum Gasteiger partial charge on any atom is 0.407 e. The van der Waals surface area contributed by atoms with Crippen molar-refractivity contribution in [1.29, 1.82) is 0 Å². The minimum atomic E-state index is -0.452. The zero-order valence-corrected chi connectivity index (χ0v) is 9.35. The van der Waals surface area contributed by atoms with Crippen molar-refractivity contribution < 1.29 is 14.6 Å². The van der Waals surface area contributed by atoms with E-state index in [4.69, 9.17) is 5.11 Å². The summed E-state index contributed by atoms with van der Waals surface area (Å²) in [5, 5.41) is 11.6. The predicted molar refractivity (Wildman–Crippen MR) is 61.0 cm³/mol. The highest BCUT2D eigenvalue weighted by atomic mass is 16.5. The molecule has 1 atom stereocenters. The Morgan fingerprint density at radius 1 is 1.44 bits per heavy atom. The van der Waals surface area contributed by atoms with Crippen LogP contribution in [0.2, 0.25) is 0 Å². The number of amides is 1. The van der Waals surface area contributed by atoms with Gasteiger partial charge >= 0.3 is 6.09 Å². The zero-order valence-electron chi connectivity index (χ0n) is 9.35. The predicted octanol–water partition coefficient (Wildman–Crippen LogP) is 1.86. The summed E-state index contributed by atoms with van der Waals surface area (Å²) in [5.74, 6) is 0. The van der Waals surface area contributed by atoms with Gasteiger partial charge in [-0.15, -0.1) is 0 Å². The SMILES string of the molecule is COC(=O)NC(CCCO)c1ccccc1. The molecular weight excluding hydrogens is 206 g/mol. The van der Waals surface area contributed by atoms with Crippen molar-refractivity contribution in [3.05, 3.63) is 35.9 Å². The second kappa shape index (κ2) is 6.85. The van der Waals surface area contributed by atoms with Crippen LogP contribution in [0.1, 0.15) is 24.4 Å². The van der Waals surface area contributed by atoms with E-state index >= 15 is 0 Å². The molecule has 1 amide bonds. The number of methoxy groups -OCH3 is 1. The lowest BCUT2D eigenvalue weighted by Gasteiger charge is -2.17. The quantitative estimate of drug-likeness (QED) is 0.801. The van der Waals surface area contributed by atoms with Crippen molar-refractivity contribution in [2.24, 2.45) is 0 Å². The number of hydrogen-bond donors (Lipinski definition) is 2. The molecule has 2 N–H and O–H groups in total. The third-order valence-electron chi connectivity index (χ3n) is 2.33. The van der Waals surface area contributed by atoms with Gasteiger partial charge in [-0.2, -0.15) is 0 Å². The van der Waals surface area contributed by atoms with Gasteiger partial charge in [0.25, 0.3) is 0 Å². The Labute approximate surface area is 95.2 Å². The molecule has 0 saturated carbocycles. The lowest BCUT2D eigenvalue weighted by molar-refractivity contribution is 0.164. The molecule has 0 heterocycles. The zero-order chi connectivity index (χ0) is 11.8. The van der Waals surface area contributed by atoms with Gasteiger partial charge in [0.1, 0.15) is 0 Å². The van der Waals surface area contributed by atoms with Crippen LogP contribution in [-0.2, 0) is 4.74 Å². The number of alkyl carbamates (subject to hydrolysis) is 1. The molecule has 1 unspecified atom stereocenters. The van der Waals surface area contributed by atoms with Crippen LogP contribution in [0.5, 0.6) is 0 Å². The average molecular weight is 223 g/mol. The number of carbonyl (C=O) groups excluding carboxylic acids is 1. The summed E-state index contributed by atoms with van der Waals surface area (Å²) in [5.41, 5.74) is 1.02. The van der Waals surface area contributed by atoms with Gasteiger partial charge in [0.05, 0.1) is 13.2 Å². The molecule has 0 aliphatic heterocycles. The Hall–Kier alpha value is -1.55. The van der Waals surface area contributed by atoms with Crippen molar-refractivity contribution >= 4 is 6.09 Å². The van der Waals surface area contributed by atoms with Crippen molar-refractivity contribution in [2.75, 3.05) is 13.7 Å². The summed E-state index contributed by atoms with van der Waals surface area (Å²) in [7, 11) is 1.34. The van der Waals surface area contributed by atoms with E-state index in [0.717, 1.165) is 5.56 Å². The fourth-order valence-electron chi connectivity index (χ4n) is 1.50. The van der Waals surface area contributed by atoms with E-state index in [-0.39, 0.29) is 12.6 Å². The van der Waals surface area contributed by atoms with Crippen molar-refractivity contribution in [3.63, 3.8) is 0 Å². The summed E-state index contributed by atoms with van der Waals surface area (Å²) in [6.45, 7) is 0.117. The fraction of sp³-hybridized carbons (Fsp3) is 0.417. The highest BCUT2D eigenvalue weighted by Gasteiger charge is 2.13. The second-order valence-electron chi connectivity index (χ2n) is 3.47. The molecule has 16 heavy (non-hydrogen) atoms. The summed E-state index contributed by atoms with van der Waals surface area (Å²) in [4.78, 5) is 11.2. The fourth-order valence-corrected chi connectivity index (χ4v) is 1.50. The number of nitrogens with one attached hydrogen (secondary N) is 1. The average Bonchev–Trinajstić information content (AvgIpc) is 2.35. The molecule has 0 aliphatic rings. The molecule has 0 saturated heterocycles. The summed E-state index contributed by atoms with van der Waals surface area (Å²) in [6.07, 6.45) is 0.880. The van der Waals surface area contributed by atoms with Gasteiger partial charge in [-0.1, -0.05) is 30.3 Å². The lowest BCUT2D eigenvalue weighted by Crippen LogP contribution is -2.28. The second-order valence-corrected chi connectivity index (χ2v) is 3.47. The van der Waals surface area contributed by atoms with Crippen molar-refractivity contribution in [3.8, 4) is 0 Å². The van der Waals surface area contributed by atoms with Crippen molar-refractivity contribution in [2.45, 2.75) is 18.9 Å². The molecule has 4 heteroatoms. The van der Waals surface area contributed by atoms with E-state index in [9.17, 15) is 4.79 Å². The molecule has 0 aromatic heterocycles. The molecule has 0 aliphatic carbocycles. The van der Waals surface area contributed by atoms with Gasteiger partial charge in [-0.25, -0.2) is 4.79 Å². The van der Waals surface area contributed by atoms with Crippen LogP contribution in [-0.4, -0.2) is 24.9 Å². The third-order valence-corrected chi connectivity index (χ3v) is 2.33. The molecular formula is C12H17NO3. The van der Waals surface area contributed by atoms with Crippen LogP contribution >= 0.6 is 0 Å². The Morgan fingerprint density at radius 3 is 2.69 bits per heavy atom. The van der Waals surface area contributed by atoms with E-state index in [1.807, 2.05) is 30.3 Å². The highest BCUT2D eigenvalue weighted by molar-refractivity contribution is 5.67. The van der Waals surface area contributed by atoms with Gasteiger partial charge in [0, 0.05) is 6.61 Å². The number of rotatable bonds is 5. The normalized spacial score (nSPS) is 11.9. The van der Waals surface area contributed by atoms with E-state index < -0.39 is 6.09 Å². The van der Waals surface area contributed by atoms with Crippen LogP contribution < -0.4 is 5.32 Å². The van der Waals surface area contributed by atoms with Gasteiger partial charge in [0.2, 0.25) is 0 Å². The first-order valence-electron chi connectivity index (χ1n) is 5.28. The van der Waals surface area contributed by atoms with Crippen molar-refractivity contribution in [1.82, 2.24) is 5.32 Å². The van der Waals surface area contributed by atoms with E-state index in [1.165, 1.54) is 7.11 Å². The molecule has 0 fully saturated rings. The van der Waals surface area contributed by atoms with E-state index in [1.54, 1.807) is 0 Å². The van der Waals surface area contributed by atoms with Crippen LogP contribution in [0.3, 0.4) is 0 Å². The Morgan fingerprint density at radius 2 is 2.12 bits per heavy atom. The van der Waals surface area contributed by atoms with E-state index in [0.29, 0.717) is 12.8 Å². The van der Waals surface area contributed by atoms with Gasteiger partial charge < -0.3 is 15.2 Å². The number of carbonyl (C=O) groups is 1. The molecule has 4 nitrogen and oxygen atoms in total. The van der Waals surface area contributed by atoms with Crippen LogP contribution in [0.4, 0.5) is 4.79 Å². The lowest BCUT2D eigenvalue weighted by atomic mass is 10.0. The third kappa shape index (κ3) is 3.90. The minimum absolute atomic E-state index is 0.110. The van der Waals surface area contributed by atoms with Gasteiger partial charge in [-0.3, -0.25) is 0 Å². The van der Waals surface area contributed by atoms with Crippen LogP contribution in [0.15, 0.2) is 30.3 Å². The summed E-state index contributed by atoms with van der Waals surface area (Å²) >= 11 is 0. The first kappa shape index (κ1) is 12.5. The minimum Gasteiger partial charge on any atom is -0.453 e. The van der Waals surface area contributed by atoms with Crippen LogP contribution in [0, 0.1) is 0 Å². The number of ether oxygens (including phenoxy) is 1. The smallest absolute Gasteiger partial charge is 0.407 e. The Kier molecular flexibility index (Phi) is 5.36. The molecule has 88 valence electrons. The van der Waals surface area contributed by atoms with Crippen LogP contribution in [0.25, 0.3) is 0 Å². The molecule has 1 aromatic rings. The highest BCUT2D eigenvalue weighted by Crippen LogP contribution is 2.17. The molecule has 0 bridgehead atoms. The number of hydrogen-bond acceptors (Lipinski definition) is 3. The number of aliphatic hydroxyl groups is 1. The van der Waals surface area contributed by atoms with E-state index in [2.05, 4.69) is 10.1 Å². The summed E-state index contributed by atoms with van der Waals surface area (Å²) in [6, 6.07) is 9.53. The summed E-state index contributed by atoms with van der Waals surface area (Å²) < 4.78 is 4.57. The maximum absolute atomic E-state index is 11.2. The molecule has 0 spiro atoms.